The van der Waals surface area contributed by atoms with Crippen molar-refractivity contribution in [2.24, 2.45) is 5.92 Å². The molecule has 6 nitrogen and oxygen atoms in total. The van der Waals surface area contributed by atoms with Gasteiger partial charge in [0.1, 0.15) is 5.82 Å². The average Bonchev–Trinajstić information content (AvgIpc) is 3.23. The Kier molecular flexibility index (Phi) is 4.68. The van der Waals surface area contributed by atoms with Crippen molar-refractivity contribution in [1.82, 2.24) is 9.97 Å². The molecule has 0 atom stereocenters. The molecule has 1 saturated heterocycles. The lowest BCUT2D eigenvalue weighted by molar-refractivity contribution is 0.174. The molecule has 0 radical (unpaired) electrons. The molecule has 0 amide bonds. The van der Waals surface area contributed by atoms with Crippen molar-refractivity contribution in [2.75, 3.05) is 30.1 Å². The maximum Gasteiger partial charge on any atom is 0.231 e. The number of ether oxygens (including phenoxy) is 2. The summed E-state index contributed by atoms with van der Waals surface area (Å²) in [4.78, 5) is 12.0. The minimum atomic E-state index is 0.266. The van der Waals surface area contributed by atoms with Crippen LogP contribution in [0.25, 0.3) is 11.3 Å². The second-order valence-electron chi connectivity index (χ2n) is 7.67. The Morgan fingerprint density at radius 1 is 0.931 bits per heavy atom. The molecular weight excluding hydrogens is 364 g/mol. The van der Waals surface area contributed by atoms with E-state index in [4.69, 9.17) is 19.4 Å². The van der Waals surface area contributed by atoms with Crippen molar-refractivity contribution in [3.8, 4) is 22.8 Å². The lowest BCUT2D eigenvalue weighted by atomic mass is 10.00. The van der Waals surface area contributed by atoms with Gasteiger partial charge in [0.15, 0.2) is 11.5 Å². The van der Waals surface area contributed by atoms with Crippen molar-refractivity contribution < 1.29 is 9.47 Å². The van der Waals surface area contributed by atoms with Gasteiger partial charge >= 0.3 is 0 Å². The second kappa shape index (κ2) is 7.62. The Hall–Kier alpha value is -3.28. The summed E-state index contributed by atoms with van der Waals surface area (Å²) in [5, 5.41) is 3.42. The van der Waals surface area contributed by atoms with E-state index in [1.807, 2.05) is 42.5 Å². The number of hydrogen-bond donors (Lipinski definition) is 1. The van der Waals surface area contributed by atoms with Crippen molar-refractivity contribution in [3.63, 3.8) is 0 Å². The molecule has 29 heavy (non-hydrogen) atoms. The highest BCUT2D eigenvalue weighted by molar-refractivity contribution is 5.69. The number of piperidine rings is 1. The fourth-order valence-corrected chi connectivity index (χ4v) is 3.73. The molecule has 2 aliphatic heterocycles. The largest absolute Gasteiger partial charge is 0.454 e. The summed E-state index contributed by atoms with van der Waals surface area (Å²) < 4.78 is 10.9. The summed E-state index contributed by atoms with van der Waals surface area (Å²) in [6.07, 6.45) is 2.34. The molecule has 3 aromatic rings. The van der Waals surface area contributed by atoms with E-state index in [1.54, 1.807) is 0 Å². The van der Waals surface area contributed by atoms with E-state index in [-0.39, 0.29) is 6.79 Å². The zero-order valence-corrected chi connectivity index (χ0v) is 16.5. The van der Waals surface area contributed by atoms with Gasteiger partial charge in [-0.15, -0.1) is 0 Å². The van der Waals surface area contributed by atoms with Crippen molar-refractivity contribution >= 4 is 17.5 Å². The van der Waals surface area contributed by atoms with Crippen LogP contribution in [0, 0.1) is 5.92 Å². The van der Waals surface area contributed by atoms with Gasteiger partial charge in [0.25, 0.3) is 0 Å². The van der Waals surface area contributed by atoms with Crippen LogP contribution in [0.1, 0.15) is 19.8 Å². The van der Waals surface area contributed by atoms with Crippen LogP contribution in [0.4, 0.5) is 17.5 Å². The van der Waals surface area contributed by atoms with Gasteiger partial charge in [-0.25, -0.2) is 4.98 Å². The number of fused-ring (bicyclic) bond motifs is 1. The summed E-state index contributed by atoms with van der Waals surface area (Å²) in [7, 11) is 0. The predicted molar refractivity (Wildman–Crippen MR) is 114 cm³/mol. The van der Waals surface area contributed by atoms with E-state index in [9.17, 15) is 0 Å². The smallest absolute Gasteiger partial charge is 0.231 e. The van der Waals surface area contributed by atoms with Gasteiger partial charge in [-0.2, -0.15) is 4.98 Å². The zero-order chi connectivity index (χ0) is 19.6. The zero-order valence-electron chi connectivity index (χ0n) is 16.5. The maximum atomic E-state index is 5.50. The first-order valence-electron chi connectivity index (χ1n) is 10.1. The van der Waals surface area contributed by atoms with Crippen LogP contribution in [0.5, 0.6) is 11.5 Å². The molecule has 1 aromatic heterocycles. The number of benzene rings is 2. The van der Waals surface area contributed by atoms with E-state index in [0.29, 0.717) is 0 Å². The number of nitrogens with one attached hydrogen (secondary N) is 1. The Morgan fingerprint density at radius 2 is 1.72 bits per heavy atom. The molecular formula is C23H24N4O2. The van der Waals surface area contributed by atoms with Crippen LogP contribution >= 0.6 is 0 Å². The normalized spacial score (nSPS) is 16.1. The van der Waals surface area contributed by atoms with Gasteiger partial charge in [-0.05, 0) is 30.9 Å². The summed E-state index contributed by atoms with van der Waals surface area (Å²) in [5.74, 6) is 3.83. The molecule has 0 bridgehead atoms. The highest BCUT2D eigenvalue weighted by atomic mass is 16.7. The Bertz CT molecular complexity index is 1000. The average molecular weight is 388 g/mol. The Labute approximate surface area is 170 Å². The molecule has 0 aliphatic carbocycles. The van der Waals surface area contributed by atoms with Gasteiger partial charge in [-0.1, -0.05) is 37.3 Å². The topological polar surface area (TPSA) is 59.5 Å². The molecule has 1 fully saturated rings. The number of nitrogens with zero attached hydrogens (tertiary/aromatic N) is 3. The first-order valence-corrected chi connectivity index (χ1v) is 10.1. The highest BCUT2D eigenvalue weighted by Gasteiger charge is 2.20. The minimum Gasteiger partial charge on any atom is -0.454 e. The quantitative estimate of drug-likeness (QED) is 0.689. The number of anilines is 3. The maximum absolute atomic E-state index is 5.50. The van der Waals surface area contributed by atoms with E-state index in [2.05, 4.69) is 29.3 Å². The first kappa shape index (κ1) is 17.8. The first-order chi connectivity index (χ1) is 14.2. The Balaban J connectivity index is 1.49. The van der Waals surface area contributed by atoms with Gasteiger partial charge in [0.2, 0.25) is 12.7 Å². The lowest BCUT2D eigenvalue weighted by Gasteiger charge is -2.30. The van der Waals surface area contributed by atoms with E-state index >= 15 is 0 Å². The van der Waals surface area contributed by atoms with Crippen molar-refractivity contribution in [1.29, 1.82) is 0 Å². The van der Waals surface area contributed by atoms with Gasteiger partial charge in [0.05, 0.1) is 5.69 Å². The third kappa shape index (κ3) is 3.83. The molecule has 5 rings (SSSR count). The number of rotatable bonds is 4. The van der Waals surface area contributed by atoms with Crippen LogP contribution in [0.15, 0.2) is 54.6 Å². The summed E-state index contributed by atoms with van der Waals surface area (Å²) >= 11 is 0. The van der Waals surface area contributed by atoms with Crippen LogP contribution in [-0.4, -0.2) is 29.9 Å². The van der Waals surface area contributed by atoms with Crippen LogP contribution in [0.3, 0.4) is 0 Å². The number of hydrogen-bond acceptors (Lipinski definition) is 6. The molecule has 6 heteroatoms. The van der Waals surface area contributed by atoms with Gasteiger partial charge in [0, 0.05) is 36.5 Å². The SMILES string of the molecule is CC1CCN(c2nc(Nc3ccc4c(c3)OCO4)cc(-c3ccccc3)n2)CC1. The summed E-state index contributed by atoms with van der Waals surface area (Å²) in [5.41, 5.74) is 2.90. The second-order valence-corrected chi connectivity index (χ2v) is 7.67. The van der Waals surface area contributed by atoms with Crippen molar-refractivity contribution in [3.05, 3.63) is 54.6 Å². The van der Waals surface area contributed by atoms with E-state index in [0.717, 1.165) is 59.2 Å². The molecule has 1 N–H and O–H groups in total. The van der Waals surface area contributed by atoms with E-state index < -0.39 is 0 Å². The fourth-order valence-electron chi connectivity index (χ4n) is 3.73. The van der Waals surface area contributed by atoms with E-state index in [1.165, 1.54) is 12.8 Å². The molecule has 0 spiro atoms. The van der Waals surface area contributed by atoms with Crippen molar-refractivity contribution in [2.45, 2.75) is 19.8 Å². The van der Waals surface area contributed by atoms with Crippen LogP contribution in [-0.2, 0) is 0 Å². The predicted octanol–water partition coefficient (Wildman–Crippen LogP) is 4.85. The molecule has 0 saturated carbocycles. The summed E-state index contributed by atoms with van der Waals surface area (Å²) in [6.45, 7) is 4.55. The van der Waals surface area contributed by atoms with Gasteiger partial charge in [-0.3, -0.25) is 0 Å². The number of aromatic nitrogens is 2. The standard InChI is InChI=1S/C23H24N4O2/c1-16-9-11-27(12-10-16)23-25-19(17-5-3-2-4-6-17)14-22(26-23)24-18-7-8-20-21(13-18)29-15-28-20/h2-8,13-14,16H,9-12,15H2,1H3,(H,24,25,26). The fraction of sp³-hybridized carbons (Fsp3) is 0.304. The minimum absolute atomic E-state index is 0.266. The molecule has 2 aromatic carbocycles. The third-order valence-electron chi connectivity index (χ3n) is 5.50. The molecule has 148 valence electrons. The lowest BCUT2D eigenvalue weighted by Crippen LogP contribution is -2.34. The summed E-state index contributed by atoms with van der Waals surface area (Å²) in [6, 6.07) is 18.1. The van der Waals surface area contributed by atoms with Gasteiger partial charge < -0.3 is 19.7 Å². The molecule has 0 unspecified atom stereocenters. The van der Waals surface area contributed by atoms with Crippen LogP contribution < -0.4 is 19.7 Å². The third-order valence-corrected chi connectivity index (χ3v) is 5.50. The Morgan fingerprint density at radius 3 is 2.55 bits per heavy atom. The molecule has 2 aliphatic rings. The van der Waals surface area contributed by atoms with Crippen LogP contribution in [0.2, 0.25) is 0 Å². The monoisotopic (exact) mass is 388 g/mol. The molecule has 3 heterocycles. The highest BCUT2D eigenvalue weighted by Crippen LogP contribution is 2.35.